The summed E-state index contributed by atoms with van der Waals surface area (Å²) < 4.78 is 21.9. The van der Waals surface area contributed by atoms with Gasteiger partial charge >= 0.3 is 11.6 Å². The van der Waals surface area contributed by atoms with Gasteiger partial charge in [-0.25, -0.2) is 9.59 Å². The van der Waals surface area contributed by atoms with E-state index in [2.05, 4.69) is 4.98 Å². The van der Waals surface area contributed by atoms with E-state index in [1.54, 1.807) is 62.6 Å². The number of ether oxygens (including phenoxy) is 3. The van der Waals surface area contributed by atoms with E-state index in [9.17, 15) is 14.4 Å². The van der Waals surface area contributed by atoms with E-state index in [0.717, 1.165) is 0 Å². The molecule has 162 valence electrons. The number of pyridine rings is 1. The fourth-order valence-electron chi connectivity index (χ4n) is 4.16. The average Bonchev–Trinajstić information content (AvgIpc) is 3.20. The Hall–Kier alpha value is -4.07. The predicted octanol–water partition coefficient (Wildman–Crippen LogP) is 3.10. The molecule has 1 aliphatic heterocycles. The summed E-state index contributed by atoms with van der Waals surface area (Å²) in [6.45, 7) is 1.80. The summed E-state index contributed by atoms with van der Waals surface area (Å²) in [7, 11) is 1.54. The average molecular weight is 433 g/mol. The lowest BCUT2D eigenvalue weighted by Crippen LogP contribution is -2.35. The van der Waals surface area contributed by atoms with Crippen molar-refractivity contribution in [2.24, 2.45) is 0 Å². The number of methoxy groups -OCH3 is 1. The molecular formula is C24H19NO7. The van der Waals surface area contributed by atoms with Gasteiger partial charge in [0.25, 0.3) is 5.56 Å². The van der Waals surface area contributed by atoms with Gasteiger partial charge in [0, 0.05) is 16.5 Å². The first-order valence-electron chi connectivity index (χ1n) is 10.1. The van der Waals surface area contributed by atoms with Gasteiger partial charge in [0.2, 0.25) is 6.10 Å². The number of carbonyl (C=O) groups excluding carboxylic acids is 1. The van der Waals surface area contributed by atoms with Crippen LogP contribution in [0.3, 0.4) is 0 Å². The lowest BCUT2D eigenvalue weighted by molar-refractivity contribution is -0.151. The van der Waals surface area contributed by atoms with Crippen molar-refractivity contribution < 1.29 is 23.4 Å². The third-order valence-corrected chi connectivity index (χ3v) is 5.59. The van der Waals surface area contributed by atoms with E-state index in [1.165, 1.54) is 0 Å². The molecule has 0 amide bonds. The molecule has 2 aromatic carbocycles. The number of aromatic amines is 1. The standard InChI is InChI=1S/C24H19NO7/c1-3-30-24(28)21-18(15-11-12-10-13(29-2)8-9-16(12)25-22(15)26)19-20(32-21)14-6-4-5-7-17(14)31-23(19)27/h4-11,18,21H,3H2,1-2H3,(H,25,26)/t18-,21-/m0/s1. The second-order valence-corrected chi connectivity index (χ2v) is 7.40. The third-order valence-electron chi connectivity index (χ3n) is 5.59. The second-order valence-electron chi connectivity index (χ2n) is 7.40. The van der Waals surface area contributed by atoms with Crippen LogP contribution in [0.2, 0.25) is 0 Å². The maximum Gasteiger partial charge on any atom is 0.348 e. The highest BCUT2D eigenvalue weighted by molar-refractivity contribution is 5.89. The van der Waals surface area contributed by atoms with Crippen LogP contribution in [0.5, 0.6) is 11.5 Å². The van der Waals surface area contributed by atoms with Crippen LogP contribution in [0.25, 0.3) is 21.9 Å². The monoisotopic (exact) mass is 433 g/mol. The number of benzene rings is 2. The van der Waals surface area contributed by atoms with Crippen LogP contribution in [-0.2, 0) is 9.53 Å². The number of carbonyl (C=O) groups is 1. The highest BCUT2D eigenvalue weighted by Crippen LogP contribution is 2.44. The molecule has 3 heterocycles. The summed E-state index contributed by atoms with van der Waals surface area (Å²) in [6.07, 6.45) is -1.21. The molecule has 2 atom stereocenters. The van der Waals surface area contributed by atoms with E-state index < -0.39 is 29.2 Å². The molecule has 1 N–H and O–H groups in total. The van der Waals surface area contributed by atoms with Crippen LogP contribution >= 0.6 is 0 Å². The van der Waals surface area contributed by atoms with Gasteiger partial charge in [0.1, 0.15) is 17.1 Å². The number of hydrogen-bond acceptors (Lipinski definition) is 7. The number of aromatic nitrogens is 1. The number of esters is 1. The van der Waals surface area contributed by atoms with Crippen molar-refractivity contribution >= 4 is 27.8 Å². The van der Waals surface area contributed by atoms with Crippen molar-refractivity contribution in [3.05, 3.63) is 80.4 Å². The normalized spacial score (nSPS) is 17.2. The fraction of sp³-hybridized carbons (Fsp3) is 0.208. The second kappa shape index (κ2) is 7.56. The van der Waals surface area contributed by atoms with Gasteiger partial charge in [-0.1, -0.05) is 12.1 Å². The van der Waals surface area contributed by atoms with Crippen LogP contribution in [0.15, 0.2) is 62.5 Å². The topological polar surface area (TPSA) is 108 Å². The lowest BCUT2D eigenvalue weighted by atomic mass is 9.88. The molecule has 0 radical (unpaired) electrons. The van der Waals surface area contributed by atoms with E-state index in [0.29, 0.717) is 27.6 Å². The van der Waals surface area contributed by atoms with Crippen molar-refractivity contribution in [2.75, 3.05) is 13.7 Å². The molecule has 0 saturated heterocycles. The Morgan fingerprint density at radius 2 is 1.94 bits per heavy atom. The minimum absolute atomic E-state index is 0.120. The quantitative estimate of drug-likeness (QED) is 0.389. The van der Waals surface area contributed by atoms with Crippen molar-refractivity contribution in [3.8, 4) is 11.5 Å². The summed E-state index contributed by atoms with van der Waals surface area (Å²) in [6, 6.07) is 13.7. The number of H-pyrrole nitrogens is 1. The van der Waals surface area contributed by atoms with Gasteiger partial charge in [0.15, 0.2) is 0 Å². The Morgan fingerprint density at radius 3 is 2.72 bits per heavy atom. The molecule has 32 heavy (non-hydrogen) atoms. The molecule has 5 rings (SSSR count). The van der Waals surface area contributed by atoms with Gasteiger partial charge in [-0.05, 0) is 43.3 Å². The maximum atomic E-state index is 13.1. The number of nitrogens with one attached hydrogen (secondary N) is 1. The predicted molar refractivity (Wildman–Crippen MR) is 116 cm³/mol. The summed E-state index contributed by atoms with van der Waals surface area (Å²) in [5, 5.41) is 1.22. The largest absolute Gasteiger partial charge is 0.497 e. The van der Waals surface area contributed by atoms with Gasteiger partial charge in [-0.3, -0.25) is 4.79 Å². The number of fused-ring (bicyclic) bond motifs is 4. The van der Waals surface area contributed by atoms with Crippen LogP contribution in [0.1, 0.15) is 24.0 Å². The van der Waals surface area contributed by atoms with Crippen LogP contribution in [0, 0.1) is 0 Å². The van der Waals surface area contributed by atoms with Gasteiger partial charge in [-0.15, -0.1) is 0 Å². The summed E-state index contributed by atoms with van der Waals surface area (Å²) in [4.78, 5) is 41.7. The summed E-state index contributed by atoms with van der Waals surface area (Å²) in [5.41, 5.74) is 0.139. The van der Waals surface area contributed by atoms with Gasteiger partial charge in [0.05, 0.1) is 30.6 Å². The van der Waals surface area contributed by atoms with Crippen LogP contribution in [0.4, 0.5) is 0 Å². The highest BCUT2D eigenvalue weighted by atomic mass is 16.6. The minimum atomic E-state index is -1.21. The van der Waals surface area contributed by atoms with E-state index >= 15 is 0 Å². The van der Waals surface area contributed by atoms with Crippen molar-refractivity contribution in [3.63, 3.8) is 0 Å². The fourth-order valence-corrected chi connectivity index (χ4v) is 4.16. The number of rotatable bonds is 4. The molecule has 0 aliphatic carbocycles. The Morgan fingerprint density at radius 1 is 1.12 bits per heavy atom. The first kappa shape index (κ1) is 19.9. The Labute approximate surface area is 181 Å². The number of para-hydroxylation sites is 1. The molecule has 4 aromatic rings. The van der Waals surface area contributed by atoms with Gasteiger partial charge in [-0.2, -0.15) is 0 Å². The maximum absolute atomic E-state index is 13.1. The molecule has 8 heteroatoms. The van der Waals surface area contributed by atoms with Crippen LogP contribution in [-0.4, -0.2) is 30.8 Å². The smallest absolute Gasteiger partial charge is 0.348 e. The molecule has 0 bridgehead atoms. The Balaban J connectivity index is 1.79. The first-order chi connectivity index (χ1) is 15.5. The zero-order chi connectivity index (χ0) is 22.4. The SMILES string of the molecule is CCOC(=O)[C@H]1Oc2c(c(=O)oc3ccccc23)[C@@H]1c1cc2cc(OC)ccc2[nH]c1=O. The summed E-state index contributed by atoms with van der Waals surface area (Å²) >= 11 is 0. The zero-order valence-corrected chi connectivity index (χ0v) is 17.3. The molecule has 0 spiro atoms. The number of hydrogen-bond donors (Lipinski definition) is 1. The van der Waals surface area contributed by atoms with Crippen molar-refractivity contribution in [2.45, 2.75) is 18.9 Å². The van der Waals surface area contributed by atoms with Crippen molar-refractivity contribution in [1.82, 2.24) is 4.98 Å². The molecule has 0 saturated carbocycles. The molecular weight excluding hydrogens is 414 g/mol. The van der Waals surface area contributed by atoms with E-state index in [4.69, 9.17) is 18.6 Å². The van der Waals surface area contributed by atoms with E-state index in [-0.39, 0.29) is 23.5 Å². The van der Waals surface area contributed by atoms with Crippen molar-refractivity contribution in [1.29, 1.82) is 0 Å². The molecule has 8 nitrogen and oxygen atoms in total. The summed E-state index contributed by atoms with van der Waals surface area (Å²) in [5.74, 6) is -0.831. The lowest BCUT2D eigenvalue weighted by Gasteiger charge is -2.17. The molecule has 0 fully saturated rings. The Bertz CT molecular complexity index is 1480. The zero-order valence-electron chi connectivity index (χ0n) is 17.3. The Kier molecular flexibility index (Phi) is 4.70. The molecule has 1 aliphatic rings. The van der Waals surface area contributed by atoms with Crippen LogP contribution < -0.4 is 20.7 Å². The minimum Gasteiger partial charge on any atom is -0.497 e. The molecule has 0 unspecified atom stereocenters. The van der Waals surface area contributed by atoms with E-state index in [1.807, 2.05) is 0 Å². The van der Waals surface area contributed by atoms with Gasteiger partial charge < -0.3 is 23.6 Å². The molecule has 2 aromatic heterocycles. The highest BCUT2D eigenvalue weighted by Gasteiger charge is 2.46. The first-order valence-corrected chi connectivity index (χ1v) is 10.1. The third kappa shape index (κ3) is 3.03.